The third-order valence-electron chi connectivity index (χ3n) is 4.05. The summed E-state index contributed by atoms with van der Waals surface area (Å²) in [5.41, 5.74) is 2.48. The molecule has 0 heterocycles. The van der Waals surface area contributed by atoms with E-state index in [0.29, 0.717) is 17.3 Å². The zero-order valence-corrected chi connectivity index (χ0v) is 15.7. The number of benzene rings is 2. The molecule has 1 amide bonds. The van der Waals surface area contributed by atoms with Crippen molar-refractivity contribution in [3.8, 4) is 5.75 Å². The molecule has 0 saturated carbocycles. The molecule has 1 atom stereocenters. The molecule has 25 heavy (non-hydrogen) atoms. The summed E-state index contributed by atoms with van der Waals surface area (Å²) in [6.45, 7) is 2.63. The Morgan fingerprint density at radius 3 is 2.52 bits per heavy atom. The van der Waals surface area contributed by atoms with Gasteiger partial charge in [0.25, 0.3) is 5.91 Å². The van der Waals surface area contributed by atoms with Gasteiger partial charge < -0.3 is 15.0 Å². The van der Waals surface area contributed by atoms with Crippen LogP contribution in [-0.4, -0.2) is 38.1 Å². The van der Waals surface area contributed by atoms with Crippen molar-refractivity contribution < 1.29 is 9.53 Å². The third-order valence-corrected chi connectivity index (χ3v) is 4.29. The molecule has 0 fully saturated rings. The summed E-state index contributed by atoms with van der Waals surface area (Å²) in [6.07, 6.45) is 1.02. The Hall–Kier alpha value is -2.04. The number of aryl methyl sites for hydroxylation is 1. The normalized spacial score (nSPS) is 12.0. The molecule has 0 aliphatic carbocycles. The van der Waals surface area contributed by atoms with Crippen LogP contribution in [0.1, 0.15) is 24.1 Å². The van der Waals surface area contributed by atoms with Crippen LogP contribution in [-0.2, 0) is 11.2 Å². The van der Waals surface area contributed by atoms with E-state index >= 15 is 0 Å². The molecular weight excluding hydrogens is 336 g/mol. The zero-order valence-electron chi connectivity index (χ0n) is 15.0. The second-order valence-electron chi connectivity index (χ2n) is 6.12. The lowest BCUT2D eigenvalue weighted by atomic mass is 10.0. The minimum absolute atomic E-state index is 0.0325. The highest BCUT2D eigenvalue weighted by Crippen LogP contribution is 2.19. The molecule has 134 valence electrons. The number of rotatable bonds is 8. The van der Waals surface area contributed by atoms with Crippen LogP contribution in [0.15, 0.2) is 48.5 Å². The van der Waals surface area contributed by atoms with Crippen LogP contribution >= 0.6 is 11.6 Å². The maximum atomic E-state index is 12.1. The fourth-order valence-electron chi connectivity index (χ4n) is 2.54. The molecule has 0 saturated heterocycles. The van der Waals surface area contributed by atoms with Gasteiger partial charge in [-0.1, -0.05) is 48.9 Å². The molecule has 0 radical (unpaired) electrons. The minimum atomic E-state index is -0.156. The van der Waals surface area contributed by atoms with Crippen molar-refractivity contribution in [2.24, 2.45) is 0 Å². The largest absolute Gasteiger partial charge is 0.484 e. The number of amides is 1. The quantitative estimate of drug-likeness (QED) is 0.780. The molecule has 2 aromatic carbocycles. The Balaban J connectivity index is 1.88. The minimum Gasteiger partial charge on any atom is -0.484 e. The molecule has 0 aliphatic rings. The van der Waals surface area contributed by atoms with Crippen molar-refractivity contribution in [2.75, 3.05) is 27.2 Å². The molecule has 0 spiro atoms. The fourth-order valence-corrected chi connectivity index (χ4v) is 2.72. The SMILES string of the molecule is CCc1ccc(C(CNC(=O)COc2cccc(Cl)c2)N(C)C)cc1. The molecule has 1 unspecified atom stereocenters. The van der Waals surface area contributed by atoms with E-state index < -0.39 is 0 Å². The Kier molecular flexibility index (Phi) is 7.29. The van der Waals surface area contributed by atoms with Crippen LogP contribution in [0.3, 0.4) is 0 Å². The highest BCUT2D eigenvalue weighted by molar-refractivity contribution is 6.30. The summed E-state index contributed by atoms with van der Waals surface area (Å²) in [4.78, 5) is 14.2. The molecule has 1 N–H and O–H groups in total. The van der Waals surface area contributed by atoms with E-state index in [2.05, 4.69) is 41.4 Å². The first-order valence-electron chi connectivity index (χ1n) is 8.40. The number of halogens is 1. The number of nitrogens with one attached hydrogen (secondary N) is 1. The summed E-state index contributed by atoms with van der Waals surface area (Å²) in [5, 5.41) is 3.52. The molecule has 5 heteroatoms. The Labute approximate surface area is 154 Å². The molecule has 0 bridgehead atoms. The van der Waals surface area contributed by atoms with E-state index in [1.807, 2.05) is 14.1 Å². The van der Waals surface area contributed by atoms with Crippen LogP contribution in [0, 0.1) is 0 Å². The second-order valence-corrected chi connectivity index (χ2v) is 6.56. The lowest BCUT2D eigenvalue weighted by Gasteiger charge is -2.25. The lowest BCUT2D eigenvalue weighted by molar-refractivity contribution is -0.123. The van der Waals surface area contributed by atoms with Crippen LogP contribution in [0.2, 0.25) is 5.02 Å². The van der Waals surface area contributed by atoms with Crippen molar-refractivity contribution in [2.45, 2.75) is 19.4 Å². The van der Waals surface area contributed by atoms with Gasteiger partial charge >= 0.3 is 0 Å². The monoisotopic (exact) mass is 360 g/mol. The second kappa shape index (κ2) is 9.44. The van der Waals surface area contributed by atoms with E-state index in [4.69, 9.17) is 16.3 Å². The van der Waals surface area contributed by atoms with Crippen LogP contribution < -0.4 is 10.1 Å². The van der Waals surface area contributed by atoms with Gasteiger partial charge in [0.2, 0.25) is 0 Å². The van der Waals surface area contributed by atoms with E-state index in [1.165, 1.54) is 11.1 Å². The number of likely N-dealkylation sites (N-methyl/N-ethyl adjacent to an activating group) is 1. The van der Waals surface area contributed by atoms with Crippen LogP contribution in [0.5, 0.6) is 5.75 Å². The van der Waals surface area contributed by atoms with E-state index in [0.717, 1.165) is 6.42 Å². The zero-order chi connectivity index (χ0) is 18.2. The van der Waals surface area contributed by atoms with Gasteiger partial charge in [0.05, 0.1) is 6.04 Å². The molecule has 2 aromatic rings. The van der Waals surface area contributed by atoms with E-state index in [9.17, 15) is 4.79 Å². The number of hydrogen-bond acceptors (Lipinski definition) is 3. The first-order valence-corrected chi connectivity index (χ1v) is 8.77. The Morgan fingerprint density at radius 2 is 1.92 bits per heavy atom. The summed E-state index contributed by atoms with van der Waals surface area (Å²) < 4.78 is 5.47. The van der Waals surface area contributed by atoms with Gasteiger partial charge in [-0.3, -0.25) is 4.79 Å². The maximum Gasteiger partial charge on any atom is 0.258 e. The van der Waals surface area contributed by atoms with Gasteiger partial charge in [0.15, 0.2) is 6.61 Å². The van der Waals surface area contributed by atoms with Gasteiger partial charge in [0.1, 0.15) is 5.75 Å². The number of ether oxygens (including phenoxy) is 1. The Bertz CT molecular complexity index is 686. The predicted octanol–water partition coefficient (Wildman–Crippen LogP) is 3.70. The molecular formula is C20H25ClN2O2. The van der Waals surface area contributed by atoms with Gasteiger partial charge in [-0.25, -0.2) is 0 Å². The summed E-state index contributed by atoms with van der Waals surface area (Å²) >= 11 is 5.90. The number of carbonyl (C=O) groups is 1. The van der Waals surface area contributed by atoms with Crippen molar-refractivity contribution in [3.63, 3.8) is 0 Å². The highest BCUT2D eigenvalue weighted by Gasteiger charge is 2.15. The lowest BCUT2D eigenvalue weighted by Crippen LogP contribution is -2.36. The average Bonchev–Trinajstić information content (AvgIpc) is 2.60. The Morgan fingerprint density at radius 1 is 1.20 bits per heavy atom. The van der Waals surface area contributed by atoms with Gasteiger partial charge in [0, 0.05) is 11.6 Å². The highest BCUT2D eigenvalue weighted by atomic mass is 35.5. The van der Waals surface area contributed by atoms with Crippen molar-refractivity contribution in [1.29, 1.82) is 0 Å². The van der Waals surface area contributed by atoms with Gasteiger partial charge in [-0.05, 0) is 49.8 Å². The summed E-state index contributed by atoms with van der Waals surface area (Å²) in [5.74, 6) is 0.430. The van der Waals surface area contributed by atoms with Gasteiger partial charge in [-0.2, -0.15) is 0 Å². The molecule has 4 nitrogen and oxygen atoms in total. The topological polar surface area (TPSA) is 41.6 Å². The maximum absolute atomic E-state index is 12.1. The van der Waals surface area contributed by atoms with Crippen molar-refractivity contribution in [3.05, 3.63) is 64.7 Å². The van der Waals surface area contributed by atoms with Crippen molar-refractivity contribution in [1.82, 2.24) is 10.2 Å². The standard InChI is InChI=1S/C20H25ClN2O2/c1-4-15-8-10-16(11-9-15)19(23(2)3)13-22-20(24)14-25-18-7-5-6-17(21)12-18/h5-12,19H,4,13-14H2,1-3H3,(H,22,24). The molecule has 2 rings (SSSR count). The first kappa shape index (κ1) is 19.3. The molecule has 0 aromatic heterocycles. The first-order chi connectivity index (χ1) is 12.0. The van der Waals surface area contributed by atoms with Crippen LogP contribution in [0.4, 0.5) is 0 Å². The van der Waals surface area contributed by atoms with E-state index in [-0.39, 0.29) is 18.6 Å². The van der Waals surface area contributed by atoms with E-state index in [1.54, 1.807) is 24.3 Å². The average molecular weight is 361 g/mol. The van der Waals surface area contributed by atoms with Crippen LogP contribution in [0.25, 0.3) is 0 Å². The third kappa shape index (κ3) is 6.07. The number of nitrogens with zero attached hydrogens (tertiary/aromatic N) is 1. The smallest absolute Gasteiger partial charge is 0.258 e. The van der Waals surface area contributed by atoms with Gasteiger partial charge in [-0.15, -0.1) is 0 Å². The predicted molar refractivity (Wildman–Crippen MR) is 102 cm³/mol. The summed E-state index contributed by atoms with van der Waals surface area (Å²) in [6, 6.07) is 15.6. The number of hydrogen-bond donors (Lipinski definition) is 1. The fraction of sp³-hybridized carbons (Fsp3) is 0.350. The summed E-state index contributed by atoms with van der Waals surface area (Å²) in [7, 11) is 4.01. The van der Waals surface area contributed by atoms with Crippen molar-refractivity contribution >= 4 is 17.5 Å². The number of carbonyl (C=O) groups excluding carboxylic acids is 1. The molecule has 0 aliphatic heterocycles.